The van der Waals surface area contributed by atoms with Gasteiger partial charge in [0.15, 0.2) is 0 Å². The fraction of sp³-hybridized carbons (Fsp3) is 0.714. The van der Waals surface area contributed by atoms with Crippen molar-refractivity contribution in [1.29, 1.82) is 0 Å². The van der Waals surface area contributed by atoms with Crippen LogP contribution in [0.3, 0.4) is 0 Å². The monoisotopic (exact) mass is 263 g/mol. The minimum Gasteiger partial charge on any atom is -0.370 e. The van der Waals surface area contributed by atoms with E-state index in [4.69, 9.17) is 0 Å². The molecule has 19 heavy (non-hydrogen) atoms. The van der Waals surface area contributed by atoms with Gasteiger partial charge in [0.1, 0.15) is 17.5 Å². The summed E-state index contributed by atoms with van der Waals surface area (Å²) in [4.78, 5) is 8.78. The molecule has 0 amide bonds. The van der Waals surface area contributed by atoms with Gasteiger partial charge in [-0.3, -0.25) is 0 Å². The summed E-state index contributed by atoms with van der Waals surface area (Å²) < 4.78 is 0. The van der Waals surface area contributed by atoms with E-state index in [0.717, 1.165) is 36.5 Å². The minimum absolute atomic E-state index is 0.808. The molecular weight excluding hydrogens is 238 g/mol. The van der Waals surface area contributed by atoms with Crippen LogP contribution in [0.2, 0.25) is 0 Å². The van der Waals surface area contributed by atoms with Crippen LogP contribution in [0.15, 0.2) is 6.07 Å². The average molecular weight is 263 g/mol. The molecule has 0 saturated carbocycles. The molecule has 0 bridgehead atoms. The number of nitrogens with zero attached hydrogens (tertiary/aromatic N) is 2. The van der Waals surface area contributed by atoms with E-state index < -0.39 is 0 Å². The first kappa shape index (κ1) is 14.1. The lowest BCUT2D eigenvalue weighted by atomic mass is 9.95. The molecule has 0 unspecified atom stereocenters. The van der Waals surface area contributed by atoms with E-state index in [1.165, 1.54) is 32.4 Å². The Kier molecular flexibility index (Phi) is 5.39. The second-order valence-corrected chi connectivity index (χ2v) is 5.12. The zero-order valence-electron chi connectivity index (χ0n) is 12.0. The molecule has 1 saturated heterocycles. The number of rotatable bonds is 6. The summed E-state index contributed by atoms with van der Waals surface area (Å²) >= 11 is 0. The van der Waals surface area contributed by atoms with Gasteiger partial charge in [0, 0.05) is 19.2 Å². The van der Waals surface area contributed by atoms with Crippen molar-refractivity contribution >= 4 is 11.6 Å². The highest BCUT2D eigenvalue weighted by molar-refractivity contribution is 5.47. The predicted octanol–water partition coefficient (Wildman–Crippen LogP) is 2.02. The second kappa shape index (κ2) is 7.28. The van der Waals surface area contributed by atoms with Gasteiger partial charge in [-0.15, -0.1) is 0 Å². The molecule has 1 aliphatic heterocycles. The van der Waals surface area contributed by atoms with Gasteiger partial charge in [0.2, 0.25) is 0 Å². The molecule has 106 valence electrons. The summed E-state index contributed by atoms with van der Waals surface area (Å²) in [5.41, 5.74) is 0. The normalized spacial score (nSPS) is 16.3. The molecule has 0 aliphatic carbocycles. The number of hydrogen-bond acceptors (Lipinski definition) is 5. The second-order valence-electron chi connectivity index (χ2n) is 5.12. The molecule has 2 rings (SSSR count). The van der Waals surface area contributed by atoms with Crippen molar-refractivity contribution in [2.75, 3.05) is 36.8 Å². The molecule has 0 atom stereocenters. The van der Waals surface area contributed by atoms with Gasteiger partial charge in [0.05, 0.1) is 0 Å². The van der Waals surface area contributed by atoms with Gasteiger partial charge in [-0.2, -0.15) is 0 Å². The SMILES string of the molecule is CCNc1cc(NCCC2CCNCC2)nc(C)n1. The molecule has 0 aromatic carbocycles. The lowest BCUT2D eigenvalue weighted by molar-refractivity contribution is 0.361. The quantitative estimate of drug-likeness (QED) is 0.733. The first-order valence-corrected chi connectivity index (χ1v) is 7.32. The molecule has 1 aliphatic rings. The Morgan fingerprint density at radius 1 is 1.21 bits per heavy atom. The van der Waals surface area contributed by atoms with Gasteiger partial charge in [0.25, 0.3) is 0 Å². The predicted molar refractivity (Wildman–Crippen MR) is 79.6 cm³/mol. The van der Waals surface area contributed by atoms with Crippen LogP contribution < -0.4 is 16.0 Å². The van der Waals surface area contributed by atoms with Crippen LogP contribution in [0, 0.1) is 12.8 Å². The number of piperidine rings is 1. The number of nitrogens with one attached hydrogen (secondary N) is 3. The number of aryl methyl sites for hydroxylation is 1. The Labute approximate surface area is 115 Å². The van der Waals surface area contributed by atoms with E-state index in [1.807, 2.05) is 13.0 Å². The fourth-order valence-corrected chi connectivity index (χ4v) is 2.50. The smallest absolute Gasteiger partial charge is 0.131 e. The van der Waals surface area contributed by atoms with Gasteiger partial charge < -0.3 is 16.0 Å². The summed E-state index contributed by atoms with van der Waals surface area (Å²) in [7, 11) is 0. The lowest BCUT2D eigenvalue weighted by Crippen LogP contribution is -2.28. The van der Waals surface area contributed by atoms with E-state index in [0.29, 0.717) is 0 Å². The Hall–Kier alpha value is -1.36. The maximum Gasteiger partial charge on any atom is 0.131 e. The highest BCUT2D eigenvalue weighted by atomic mass is 15.1. The molecule has 2 heterocycles. The van der Waals surface area contributed by atoms with E-state index in [-0.39, 0.29) is 0 Å². The van der Waals surface area contributed by atoms with Crippen molar-refractivity contribution < 1.29 is 0 Å². The molecular formula is C14H25N5. The highest BCUT2D eigenvalue weighted by Gasteiger charge is 2.12. The van der Waals surface area contributed by atoms with Crippen molar-refractivity contribution in [3.05, 3.63) is 11.9 Å². The first-order chi connectivity index (χ1) is 9.28. The van der Waals surface area contributed by atoms with Crippen molar-refractivity contribution in [2.45, 2.75) is 33.1 Å². The van der Waals surface area contributed by atoms with Crippen LogP contribution in [0.1, 0.15) is 32.0 Å². The van der Waals surface area contributed by atoms with Crippen molar-refractivity contribution in [3.63, 3.8) is 0 Å². The summed E-state index contributed by atoms with van der Waals surface area (Å²) in [6.45, 7) is 8.21. The van der Waals surface area contributed by atoms with Crippen LogP contribution in [0.25, 0.3) is 0 Å². The Balaban J connectivity index is 1.81. The van der Waals surface area contributed by atoms with Crippen molar-refractivity contribution in [3.8, 4) is 0 Å². The first-order valence-electron chi connectivity index (χ1n) is 7.32. The maximum atomic E-state index is 4.42. The van der Waals surface area contributed by atoms with E-state index in [9.17, 15) is 0 Å². The zero-order valence-corrected chi connectivity index (χ0v) is 12.0. The Bertz CT molecular complexity index is 387. The van der Waals surface area contributed by atoms with Crippen molar-refractivity contribution in [2.24, 2.45) is 5.92 Å². The summed E-state index contributed by atoms with van der Waals surface area (Å²) in [5, 5.41) is 10.1. The summed E-state index contributed by atoms with van der Waals surface area (Å²) in [6, 6.07) is 1.99. The van der Waals surface area contributed by atoms with E-state index in [2.05, 4.69) is 32.8 Å². The number of hydrogen-bond donors (Lipinski definition) is 3. The zero-order chi connectivity index (χ0) is 13.5. The Morgan fingerprint density at radius 2 is 1.89 bits per heavy atom. The largest absolute Gasteiger partial charge is 0.370 e. The van der Waals surface area contributed by atoms with Crippen LogP contribution in [0.4, 0.5) is 11.6 Å². The molecule has 0 spiro atoms. The average Bonchev–Trinajstić information content (AvgIpc) is 2.40. The summed E-state index contributed by atoms with van der Waals surface area (Å²) in [6.07, 6.45) is 3.82. The molecule has 1 fully saturated rings. The highest BCUT2D eigenvalue weighted by Crippen LogP contribution is 2.16. The standard InChI is InChI=1S/C14H25N5/c1-3-16-13-10-14(19-11(2)18-13)17-9-6-12-4-7-15-8-5-12/h10,12,15H,3-9H2,1-2H3,(H2,16,17,18,19). The van der Waals surface area contributed by atoms with Crippen LogP contribution in [0.5, 0.6) is 0 Å². The number of aromatic nitrogens is 2. The third-order valence-electron chi connectivity index (χ3n) is 3.51. The van der Waals surface area contributed by atoms with Crippen molar-refractivity contribution in [1.82, 2.24) is 15.3 Å². The maximum absolute atomic E-state index is 4.42. The topological polar surface area (TPSA) is 61.9 Å². The fourth-order valence-electron chi connectivity index (χ4n) is 2.50. The van der Waals surface area contributed by atoms with Crippen LogP contribution in [-0.2, 0) is 0 Å². The molecule has 1 aromatic rings. The van der Waals surface area contributed by atoms with Gasteiger partial charge in [-0.05, 0) is 52.1 Å². The molecule has 3 N–H and O–H groups in total. The lowest BCUT2D eigenvalue weighted by Gasteiger charge is -2.22. The molecule has 1 aromatic heterocycles. The molecule has 5 heteroatoms. The number of anilines is 2. The Morgan fingerprint density at radius 3 is 2.58 bits per heavy atom. The van der Waals surface area contributed by atoms with E-state index >= 15 is 0 Å². The van der Waals surface area contributed by atoms with Gasteiger partial charge >= 0.3 is 0 Å². The van der Waals surface area contributed by atoms with E-state index in [1.54, 1.807) is 0 Å². The summed E-state index contributed by atoms with van der Waals surface area (Å²) in [5.74, 6) is 3.49. The third kappa shape index (κ3) is 4.67. The van der Waals surface area contributed by atoms with Crippen LogP contribution in [-0.4, -0.2) is 36.1 Å². The minimum atomic E-state index is 0.808. The molecule has 5 nitrogen and oxygen atoms in total. The third-order valence-corrected chi connectivity index (χ3v) is 3.51. The molecule has 0 radical (unpaired) electrons. The van der Waals surface area contributed by atoms with Gasteiger partial charge in [-0.25, -0.2) is 9.97 Å². The van der Waals surface area contributed by atoms with Crippen LogP contribution >= 0.6 is 0 Å². The van der Waals surface area contributed by atoms with Gasteiger partial charge in [-0.1, -0.05) is 0 Å².